The third-order valence-corrected chi connectivity index (χ3v) is 17.5. The minimum Gasteiger partial charge on any atom is -0.397 e. The summed E-state index contributed by atoms with van der Waals surface area (Å²) in [5.74, 6) is 0. The zero-order valence-corrected chi connectivity index (χ0v) is 41.0. The second-order valence-electron chi connectivity index (χ2n) is 16.7. The van der Waals surface area contributed by atoms with Gasteiger partial charge in [-0.05, 0) is 134 Å². The monoisotopic (exact) mass is 1070 g/mol. The molecule has 2 aliphatic rings. The van der Waals surface area contributed by atoms with E-state index in [9.17, 15) is 0 Å². The van der Waals surface area contributed by atoms with E-state index in [4.69, 9.17) is 5.73 Å². The lowest BCUT2D eigenvalue weighted by Gasteiger charge is -2.21. The molecular formula is C54H41Br2IN2S2. The molecular weight excluding hydrogens is 1030 g/mol. The van der Waals surface area contributed by atoms with E-state index in [0.29, 0.717) is 0 Å². The van der Waals surface area contributed by atoms with Gasteiger partial charge in [-0.1, -0.05) is 161 Å². The molecule has 12 rings (SSSR count). The van der Waals surface area contributed by atoms with Gasteiger partial charge in [0, 0.05) is 48.6 Å². The van der Waals surface area contributed by atoms with Crippen molar-refractivity contribution in [2.45, 2.75) is 38.5 Å². The van der Waals surface area contributed by atoms with Gasteiger partial charge in [0.25, 0.3) is 0 Å². The van der Waals surface area contributed by atoms with E-state index in [0.717, 1.165) is 31.4 Å². The number of nitrogens with one attached hydrogen (secondary N) is 1. The van der Waals surface area contributed by atoms with Crippen molar-refractivity contribution in [3.8, 4) is 20.9 Å². The molecule has 7 heteroatoms. The molecule has 0 bridgehead atoms. The average molecular weight is 1070 g/mol. The van der Waals surface area contributed by atoms with Crippen LogP contribution in [0, 0.1) is 3.57 Å². The van der Waals surface area contributed by atoms with E-state index < -0.39 is 0 Å². The Labute approximate surface area is 395 Å². The van der Waals surface area contributed by atoms with Crippen molar-refractivity contribution in [2.75, 3.05) is 11.1 Å². The molecule has 0 atom stereocenters. The number of anilines is 3. The minimum atomic E-state index is 0.0167. The molecule has 8 aromatic carbocycles. The van der Waals surface area contributed by atoms with Crippen LogP contribution in [0.15, 0.2) is 167 Å². The maximum absolute atomic E-state index is 5.87. The van der Waals surface area contributed by atoms with Crippen molar-refractivity contribution in [2.24, 2.45) is 0 Å². The quantitative estimate of drug-likeness (QED) is 0.134. The van der Waals surface area contributed by atoms with Crippen molar-refractivity contribution >= 4 is 136 Å². The Balaban J connectivity index is 0.000000122. The molecule has 3 N–H and O–H groups in total. The predicted octanol–water partition coefficient (Wildman–Crippen LogP) is 17.9. The highest BCUT2D eigenvalue weighted by atomic mass is 127. The Bertz CT molecular complexity index is 3360. The van der Waals surface area contributed by atoms with Gasteiger partial charge in [0.15, 0.2) is 0 Å². The highest BCUT2D eigenvalue weighted by Gasteiger charge is 2.40. The summed E-state index contributed by atoms with van der Waals surface area (Å²) in [7, 11) is 0. The summed E-state index contributed by atoms with van der Waals surface area (Å²) < 4.78 is 6.16. The number of benzene rings is 8. The molecule has 2 aliphatic carbocycles. The van der Waals surface area contributed by atoms with Crippen LogP contribution in [0.1, 0.15) is 49.9 Å². The third-order valence-electron chi connectivity index (χ3n) is 12.4. The number of rotatable bonds is 2. The number of thiophene rings is 2. The van der Waals surface area contributed by atoms with Crippen LogP contribution in [0.2, 0.25) is 0 Å². The number of fused-ring (bicyclic) bond motifs is 12. The van der Waals surface area contributed by atoms with Gasteiger partial charge in [0.05, 0.1) is 21.8 Å². The van der Waals surface area contributed by atoms with Gasteiger partial charge < -0.3 is 11.1 Å². The number of nitrogen functional groups attached to an aromatic ring is 1. The lowest BCUT2D eigenvalue weighted by atomic mass is 9.81. The lowest BCUT2D eigenvalue weighted by Crippen LogP contribution is -2.14. The molecule has 2 aromatic heterocycles. The maximum Gasteiger partial charge on any atom is 0.0608 e. The summed E-state index contributed by atoms with van der Waals surface area (Å²) in [6.07, 6.45) is 0. The maximum atomic E-state index is 5.87. The highest BCUT2D eigenvalue weighted by Crippen LogP contribution is 2.57. The molecule has 2 heterocycles. The molecule has 0 amide bonds. The number of hydrogen-bond acceptors (Lipinski definition) is 4. The predicted molar refractivity (Wildman–Crippen MR) is 282 cm³/mol. The Morgan fingerprint density at radius 1 is 0.492 bits per heavy atom. The summed E-state index contributed by atoms with van der Waals surface area (Å²) in [5.41, 5.74) is 17.8. The first kappa shape index (κ1) is 40.6. The molecule has 0 saturated carbocycles. The fourth-order valence-electron chi connectivity index (χ4n) is 9.42. The van der Waals surface area contributed by atoms with E-state index in [1.165, 1.54) is 83.0 Å². The van der Waals surface area contributed by atoms with Gasteiger partial charge in [0.1, 0.15) is 0 Å². The standard InChI is InChI=1S/C27H20BrNS.C17H13IS.C10H8BrN/c1-27(2)20-12-6-5-10-18(20)26-23(27)19-11-7-13-22(25(19)30-26)29-24-17-9-4-3-8-16(17)14-15-21(24)28;1-17(2)12-8-4-3-6-10(12)16-14(17)11-7-5-9-13(18)15(11)19-16;11-9-6-5-7-3-1-2-4-8(7)10(9)12/h3-15,29H,1-2H3;3-9H,1-2H3;1-6H,12H2. The van der Waals surface area contributed by atoms with Crippen LogP contribution in [0.3, 0.4) is 0 Å². The van der Waals surface area contributed by atoms with E-state index in [-0.39, 0.29) is 10.8 Å². The van der Waals surface area contributed by atoms with E-state index >= 15 is 0 Å². The number of nitrogens with two attached hydrogens (primary N) is 1. The Hall–Kier alpha value is -4.51. The molecule has 0 fully saturated rings. The Morgan fingerprint density at radius 3 is 1.61 bits per heavy atom. The summed E-state index contributed by atoms with van der Waals surface area (Å²) >= 11 is 13.5. The third kappa shape index (κ3) is 6.74. The second-order valence-corrected chi connectivity index (χ2v) is 21.6. The van der Waals surface area contributed by atoms with Gasteiger partial charge in [-0.15, -0.1) is 22.7 Å². The van der Waals surface area contributed by atoms with Crippen molar-refractivity contribution in [1.82, 2.24) is 0 Å². The summed E-state index contributed by atoms with van der Waals surface area (Å²) in [6.45, 7) is 9.41. The van der Waals surface area contributed by atoms with Gasteiger partial charge in [-0.25, -0.2) is 0 Å². The van der Waals surface area contributed by atoms with Gasteiger partial charge in [-0.2, -0.15) is 0 Å². The highest BCUT2D eigenvalue weighted by molar-refractivity contribution is 14.1. The fourth-order valence-corrected chi connectivity index (χ4v) is 13.9. The van der Waals surface area contributed by atoms with Crippen molar-refractivity contribution in [3.05, 3.63) is 192 Å². The molecule has 2 nitrogen and oxygen atoms in total. The van der Waals surface area contributed by atoms with Crippen LogP contribution in [-0.4, -0.2) is 0 Å². The molecule has 0 radical (unpaired) electrons. The summed E-state index contributed by atoms with van der Waals surface area (Å²) in [6, 6.07) is 55.9. The van der Waals surface area contributed by atoms with Crippen LogP contribution >= 0.6 is 77.1 Å². The lowest BCUT2D eigenvalue weighted by molar-refractivity contribution is 0.667. The van der Waals surface area contributed by atoms with E-state index in [1.54, 1.807) is 0 Å². The number of halogens is 3. The van der Waals surface area contributed by atoms with Gasteiger partial charge >= 0.3 is 0 Å². The topological polar surface area (TPSA) is 38.0 Å². The second kappa shape index (κ2) is 15.7. The number of hydrogen-bond donors (Lipinski definition) is 2. The molecule has 300 valence electrons. The minimum absolute atomic E-state index is 0.0167. The smallest absolute Gasteiger partial charge is 0.0608 e. The Morgan fingerprint density at radius 2 is 0.967 bits per heavy atom. The summed E-state index contributed by atoms with van der Waals surface area (Å²) in [5, 5.41) is 11.3. The largest absolute Gasteiger partial charge is 0.397 e. The molecule has 0 aliphatic heterocycles. The SMILES string of the molecule is CC1(C)c2ccccc2-c2sc3c(I)cccc3c21.CC1(C)c2ccccc2-c2sc3c(Nc4c(Br)ccc5ccccc45)cccc3c21.Nc1c(Br)ccc2ccccc12. The van der Waals surface area contributed by atoms with E-state index in [1.807, 2.05) is 46.9 Å². The van der Waals surface area contributed by atoms with Crippen LogP contribution in [-0.2, 0) is 10.8 Å². The molecule has 61 heavy (non-hydrogen) atoms. The van der Waals surface area contributed by atoms with Crippen molar-refractivity contribution in [1.29, 1.82) is 0 Å². The van der Waals surface area contributed by atoms with Gasteiger partial charge in [-0.3, -0.25) is 0 Å². The fraction of sp³-hybridized carbons (Fsp3) is 0.111. The summed E-state index contributed by atoms with van der Waals surface area (Å²) in [4.78, 5) is 2.89. The first-order valence-electron chi connectivity index (χ1n) is 20.3. The molecule has 10 aromatic rings. The van der Waals surface area contributed by atoms with Crippen LogP contribution in [0.5, 0.6) is 0 Å². The van der Waals surface area contributed by atoms with Crippen LogP contribution < -0.4 is 11.1 Å². The molecule has 0 saturated heterocycles. The van der Waals surface area contributed by atoms with Crippen LogP contribution in [0.4, 0.5) is 17.1 Å². The first-order valence-corrected chi connectivity index (χ1v) is 24.6. The first-order chi connectivity index (χ1) is 29.4. The normalized spacial score (nSPS) is 13.8. The average Bonchev–Trinajstić information content (AvgIpc) is 3.99. The molecule has 0 spiro atoms. The molecule has 0 unspecified atom stereocenters. The van der Waals surface area contributed by atoms with Gasteiger partial charge in [0.2, 0.25) is 0 Å². The Kier molecular flexibility index (Phi) is 10.4. The van der Waals surface area contributed by atoms with Crippen LogP contribution in [0.25, 0.3) is 62.6 Å². The zero-order chi connectivity index (χ0) is 42.2. The van der Waals surface area contributed by atoms with Crippen molar-refractivity contribution < 1.29 is 0 Å². The van der Waals surface area contributed by atoms with E-state index in [2.05, 4.69) is 221 Å². The van der Waals surface area contributed by atoms with Crippen molar-refractivity contribution in [3.63, 3.8) is 0 Å². The zero-order valence-electron chi connectivity index (χ0n) is 34.0.